The molecule has 0 amide bonds. The van der Waals surface area contributed by atoms with Crippen LogP contribution in [0.2, 0.25) is 0 Å². The maximum Gasteiger partial charge on any atom is 0.133 e. The maximum atomic E-state index is 6.00. The standard InChI is InChI=1S/C18H20Cl2O/c1-3-13-9-10-17(14(4-2)11-13)21-12-15-7-5-6-8-16(15)18(19)20/h5-11,18H,3-4,12H2,1-2H3. The van der Waals surface area contributed by atoms with Crippen molar-refractivity contribution in [3.63, 3.8) is 0 Å². The smallest absolute Gasteiger partial charge is 0.133 e. The lowest BCUT2D eigenvalue weighted by Crippen LogP contribution is -2.02. The van der Waals surface area contributed by atoms with Crippen LogP contribution in [0.25, 0.3) is 0 Å². The minimum Gasteiger partial charge on any atom is -0.489 e. The molecule has 0 heterocycles. The van der Waals surface area contributed by atoms with Gasteiger partial charge in [0.15, 0.2) is 0 Å². The summed E-state index contributed by atoms with van der Waals surface area (Å²) in [5.41, 5.74) is 4.50. The van der Waals surface area contributed by atoms with E-state index in [1.54, 1.807) is 0 Å². The summed E-state index contributed by atoms with van der Waals surface area (Å²) in [6.07, 6.45) is 1.99. The quantitative estimate of drug-likeness (QED) is 0.604. The Morgan fingerprint density at radius 3 is 2.38 bits per heavy atom. The van der Waals surface area contributed by atoms with Crippen LogP contribution in [-0.4, -0.2) is 0 Å². The molecule has 0 unspecified atom stereocenters. The van der Waals surface area contributed by atoms with Crippen molar-refractivity contribution in [3.05, 3.63) is 64.7 Å². The number of alkyl halides is 2. The van der Waals surface area contributed by atoms with E-state index in [-0.39, 0.29) is 0 Å². The topological polar surface area (TPSA) is 9.23 Å². The average molecular weight is 323 g/mol. The molecular formula is C18H20Cl2O. The second kappa shape index (κ2) is 7.72. The fourth-order valence-corrected chi connectivity index (χ4v) is 2.73. The number of benzene rings is 2. The Morgan fingerprint density at radius 2 is 1.71 bits per heavy atom. The first kappa shape index (κ1) is 16.2. The Morgan fingerprint density at radius 1 is 0.952 bits per heavy atom. The predicted octanol–water partition coefficient (Wildman–Crippen LogP) is 5.87. The van der Waals surface area contributed by atoms with Crippen LogP contribution < -0.4 is 4.74 Å². The number of aryl methyl sites for hydroxylation is 2. The van der Waals surface area contributed by atoms with Crippen molar-refractivity contribution >= 4 is 23.2 Å². The van der Waals surface area contributed by atoms with Crippen LogP contribution >= 0.6 is 23.2 Å². The molecule has 0 bridgehead atoms. The minimum absolute atomic E-state index is 0.477. The maximum absolute atomic E-state index is 6.00. The van der Waals surface area contributed by atoms with E-state index in [2.05, 4.69) is 32.0 Å². The van der Waals surface area contributed by atoms with Crippen LogP contribution in [0.3, 0.4) is 0 Å². The molecule has 1 nitrogen and oxygen atoms in total. The molecule has 2 aromatic carbocycles. The molecule has 2 rings (SSSR count). The summed E-state index contributed by atoms with van der Waals surface area (Å²) in [4.78, 5) is -0.530. The zero-order valence-corrected chi connectivity index (χ0v) is 13.9. The zero-order valence-electron chi connectivity index (χ0n) is 12.4. The monoisotopic (exact) mass is 322 g/mol. The highest BCUT2D eigenvalue weighted by Crippen LogP contribution is 2.29. The highest BCUT2D eigenvalue weighted by Gasteiger charge is 2.10. The van der Waals surface area contributed by atoms with Crippen molar-refractivity contribution in [2.45, 2.75) is 38.1 Å². The third kappa shape index (κ3) is 4.15. The molecule has 0 saturated carbocycles. The summed E-state index contributed by atoms with van der Waals surface area (Å²) in [7, 11) is 0. The molecule has 0 N–H and O–H groups in total. The molecule has 0 saturated heterocycles. The third-order valence-electron chi connectivity index (χ3n) is 3.59. The molecule has 0 fully saturated rings. The van der Waals surface area contributed by atoms with E-state index in [0.29, 0.717) is 6.61 Å². The van der Waals surface area contributed by atoms with Crippen molar-refractivity contribution in [1.82, 2.24) is 0 Å². The summed E-state index contributed by atoms with van der Waals surface area (Å²) in [5.74, 6) is 0.935. The average Bonchev–Trinajstić information content (AvgIpc) is 2.52. The fraction of sp³-hybridized carbons (Fsp3) is 0.333. The number of ether oxygens (including phenoxy) is 1. The Bertz CT molecular complexity index is 594. The van der Waals surface area contributed by atoms with Crippen LogP contribution in [0, 0.1) is 0 Å². The van der Waals surface area contributed by atoms with Crippen LogP contribution in [0.4, 0.5) is 0 Å². The first-order valence-corrected chi connectivity index (χ1v) is 8.13. The lowest BCUT2D eigenvalue weighted by Gasteiger charge is -2.14. The zero-order chi connectivity index (χ0) is 15.2. The number of hydrogen-bond acceptors (Lipinski definition) is 1. The van der Waals surface area contributed by atoms with Crippen LogP contribution in [-0.2, 0) is 19.4 Å². The van der Waals surface area contributed by atoms with Gasteiger partial charge in [-0.1, -0.05) is 50.2 Å². The van der Waals surface area contributed by atoms with Gasteiger partial charge in [0, 0.05) is 0 Å². The Kier molecular flexibility index (Phi) is 5.96. The molecule has 0 radical (unpaired) electrons. The van der Waals surface area contributed by atoms with Gasteiger partial charge in [0.2, 0.25) is 0 Å². The molecule has 0 aromatic heterocycles. The second-order valence-electron chi connectivity index (χ2n) is 4.94. The Hall–Kier alpha value is -1.18. The van der Waals surface area contributed by atoms with Gasteiger partial charge >= 0.3 is 0 Å². The molecule has 0 aliphatic rings. The van der Waals surface area contributed by atoms with Gasteiger partial charge in [0.05, 0.1) is 0 Å². The molecule has 0 aliphatic carbocycles. The normalized spacial score (nSPS) is 10.9. The van der Waals surface area contributed by atoms with E-state index in [4.69, 9.17) is 27.9 Å². The van der Waals surface area contributed by atoms with Crippen molar-refractivity contribution in [2.24, 2.45) is 0 Å². The van der Waals surface area contributed by atoms with Gasteiger partial charge in [-0.05, 0) is 41.2 Å². The first-order valence-electron chi connectivity index (χ1n) is 7.26. The van der Waals surface area contributed by atoms with Crippen molar-refractivity contribution in [1.29, 1.82) is 0 Å². The molecule has 0 aliphatic heterocycles. The van der Waals surface area contributed by atoms with Gasteiger partial charge in [0.1, 0.15) is 17.2 Å². The summed E-state index contributed by atoms with van der Waals surface area (Å²) < 4.78 is 5.99. The van der Waals surface area contributed by atoms with Crippen LogP contribution in [0.5, 0.6) is 5.75 Å². The summed E-state index contributed by atoms with van der Waals surface area (Å²) in [6.45, 7) is 4.78. The fourth-order valence-electron chi connectivity index (χ4n) is 2.30. The highest BCUT2D eigenvalue weighted by atomic mass is 35.5. The lowest BCUT2D eigenvalue weighted by molar-refractivity contribution is 0.302. The van der Waals surface area contributed by atoms with Gasteiger partial charge in [-0.3, -0.25) is 0 Å². The van der Waals surface area contributed by atoms with Gasteiger partial charge < -0.3 is 4.74 Å². The molecule has 112 valence electrons. The van der Waals surface area contributed by atoms with Gasteiger partial charge in [0.25, 0.3) is 0 Å². The Labute approximate surface area is 136 Å². The van der Waals surface area contributed by atoms with E-state index >= 15 is 0 Å². The van der Waals surface area contributed by atoms with Crippen molar-refractivity contribution in [2.75, 3.05) is 0 Å². The van der Waals surface area contributed by atoms with Crippen molar-refractivity contribution < 1.29 is 4.74 Å². The third-order valence-corrected chi connectivity index (χ3v) is 4.06. The number of rotatable bonds is 6. The van der Waals surface area contributed by atoms with Gasteiger partial charge in [-0.25, -0.2) is 0 Å². The molecule has 2 aromatic rings. The van der Waals surface area contributed by atoms with E-state index in [1.807, 2.05) is 24.3 Å². The molecular weight excluding hydrogens is 303 g/mol. The van der Waals surface area contributed by atoms with E-state index in [0.717, 1.165) is 29.7 Å². The number of halogens is 2. The van der Waals surface area contributed by atoms with Crippen molar-refractivity contribution in [3.8, 4) is 5.75 Å². The van der Waals surface area contributed by atoms with E-state index < -0.39 is 4.84 Å². The molecule has 21 heavy (non-hydrogen) atoms. The van der Waals surface area contributed by atoms with Crippen LogP contribution in [0.1, 0.15) is 40.9 Å². The van der Waals surface area contributed by atoms with Crippen LogP contribution in [0.15, 0.2) is 42.5 Å². The van der Waals surface area contributed by atoms with Gasteiger partial charge in [-0.15, -0.1) is 23.2 Å². The van der Waals surface area contributed by atoms with E-state index in [9.17, 15) is 0 Å². The van der Waals surface area contributed by atoms with E-state index in [1.165, 1.54) is 11.1 Å². The molecule has 3 heteroatoms. The molecule has 0 spiro atoms. The SMILES string of the molecule is CCc1ccc(OCc2ccccc2C(Cl)Cl)c(CC)c1. The first-order chi connectivity index (χ1) is 10.2. The predicted molar refractivity (Wildman–Crippen MR) is 90.4 cm³/mol. The Balaban J connectivity index is 2.17. The molecule has 0 atom stereocenters. The lowest BCUT2D eigenvalue weighted by atomic mass is 10.1. The van der Waals surface area contributed by atoms with Gasteiger partial charge in [-0.2, -0.15) is 0 Å². The summed E-state index contributed by atoms with van der Waals surface area (Å²) in [5, 5.41) is 0. The number of hydrogen-bond donors (Lipinski definition) is 0. The second-order valence-corrected chi connectivity index (χ2v) is 6.03. The summed E-state index contributed by atoms with van der Waals surface area (Å²) >= 11 is 12.0. The minimum atomic E-state index is -0.530. The largest absolute Gasteiger partial charge is 0.489 e. The summed E-state index contributed by atoms with van der Waals surface area (Å²) in [6, 6.07) is 14.2. The highest BCUT2D eigenvalue weighted by molar-refractivity contribution is 6.44.